The number of halogens is 2. The average molecular weight is 474 g/mol. The molecule has 8 nitrogen and oxygen atoms in total. The number of nitro groups is 1. The minimum absolute atomic E-state index is 0.130. The molecule has 30 heavy (non-hydrogen) atoms. The summed E-state index contributed by atoms with van der Waals surface area (Å²) in [5.74, 6) is -0.140. The summed E-state index contributed by atoms with van der Waals surface area (Å²) < 4.78 is 23.1. The molecule has 2 rings (SSSR count). The lowest BCUT2D eigenvalue weighted by Crippen LogP contribution is -2.28. The summed E-state index contributed by atoms with van der Waals surface area (Å²) in [6.45, 7) is 0.508. The molecule has 0 aliphatic rings. The number of benzene rings is 2. The lowest BCUT2D eigenvalue weighted by Gasteiger charge is -2.09. The Balaban J connectivity index is 1.78. The molecule has 0 atom stereocenters. The van der Waals surface area contributed by atoms with Crippen LogP contribution in [-0.4, -0.2) is 38.6 Å². The van der Waals surface area contributed by atoms with Crippen LogP contribution in [0.2, 0.25) is 10.0 Å². The molecule has 0 radical (unpaired) electrons. The molecular formula is C19H21Cl2N3O5S. The van der Waals surface area contributed by atoms with Gasteiger partial charge in [0.15, 0.2) is 9.84 Å². The molecule has 0 saturated carbocycles. The summed E-state index contributed by atoms with van der Waals surface area (Å²) in [6, 6.07) is 9.00. The van der Waals surface area contributed by atoms with Gasteiger partial charge in [0, 0.05) is 31.8 Å². The maximum Gasteiger partial charge on any atom is 0.293 e. The smallest absolute Gasteiger partial charge is 0.293 e. The van der Waals surface area contributed by atoms with E-state index in [1.807, 2.05) is 6.07 Å². The third-order valence-corrected chi connectivity index (χ3v) is 6.06. The van der Waals surface area contributed by atoms with E-state index in [0.29, 0.717) is 29.3 Å². The van der Waals surface area contributed by atoms with Crippen molar-refractivity contribution in [3.05, 3.63) is 62.1 Å². The van der Waals surface area contributed by atoms with Crippen LogP contribution in [0.15, 0.2) is 41.3 Å². The molecule has 162 valence electrons. The molecular weight excluding hydrogens is 453 g/mol. The molecule has 11 heteroatoms. The van der Waals surface area contributed by atoms with Gasteiger partial charge in [0.05, 0.1) is 19.9 Å². The van der Waals surface area contributed by atoms with Gasteiger partial charge in [-0.05, 0) is 42.7 Å². The first-order valence-electron chi connectivity index (χ1n) is 9.01. The van der Waals surface area contributed by atoms with Crippen LogP contribution in [0.25, 0.3) is 0 Å². The second-order valence-corrected chi connectivity index (χ2v) is 9.42. The third kappa shape index (κ3) is 7.16. The number of hydrogen-bond acceptors (Lipinski definition) is 6. The highest BCUT2D eigenvalue weighted by atomic mass is 35.5. The minimum atomic E-state index is -3.55. The van der Waals surface area contributed by atoms with E-state index in [0.717, 1.165) is 17.9 Å². The first-order valence-corrected chi connectivity index (χ1v) is 11.7. The summed E-state index contributed by atoms with van der Waals surface area (Å²) >= 11 is 11.8. The Morgan fingerprint density at radius 2 is 1.83 bits per heavy atom. The van der Waals surface area contributed by atoms with Crippen molar-refractivity contribution in [3.8, 4) is 0 Å². The van der Waals surface area contributed by atoms with Crippen molar-refractivity contribution in [1.29, 1.82) is 0 Å². The predicted octanol–water partition coefficient (Wildman–Crippen LogP) is 3.86. The van der Waals surface area contributed by atoms with E-state index in [1.54, 1.807) is 12.1 Å². The highest BCUT2D eigenvalue weighted by molar-refractivity contribution is 7.90. The lowest BCUT2D eigenvalue weighted by atomic mass is 10.1. The van der Waals surface area contributed by atoms with Gasteiger partial charge in [-0.2, -0.15) is 0 Å². The highest BCUT2D eigenvalue weighted by Crippen LogP contribution is 2.27. The van der Waals surface area contributed by atoms with Gasteiger partial charge >= 0.3 is 0 Å². The quantitative estimate of drug-likeness (QED) is 0.307. The van der Waals surface area contributed by atoms with Crippen molar-refractivity contribution in [2.75, 3.05) is 24.7 Å². The van der Waals surface area contributed by atoms with Gasteiger partial charge in [-0.3, -0.25) is 14.9 Å². The van der Waals surface area contributed by atoms with Gasteiger partial charge < -0.3 is 10.6 Å². The number of nitrogens with zero attached hydrogens (tertiary/aromatic N) is 1. The molecule has 0 aromatic heterocycles. The van der Waals surface area contributed by atoms with Crippen molar-refractivity contribution in [1.82, 2.24) is 5.32 Å². The van der Waals surface area contributed by atoms with Crippen LogP contribution < -0.4 is 10.6 Å². The van der Waals surface area contributed by atoms with Crippen LogP contribution >= 0.6 is 23.2 Å². The summed E-state index contributed by atoms with van der Waals surface area (Å²) in [4.78, 5) is 22.4. The fraction of sp³-hybridized carbons (Fsp3) is 0.316. The molecule has 0 aliphatic carbocycles. The largest absolute Gasteiger partial charge is 0.378 e. The molecule has 2 aromatic rings. The molecule has 0 aliphatic heterocycles. The second kappa shape index (κ2) is 10.6. The molecule has 0 unspecified atom stereocenters. The van der Waals surface area contributed by atoms with E-state index in [-0.39, 0.29) is 35.3 Å². The van der Waals surface area contributed by atoms with E-state index < -0.39 is 14.8 Å². The van der Waals surface area contributed by atoms with Crippen LogP contribution in [0.1, 0.15) is 18.4 Å². The van der Waals surface area contributed by atoms with E-state index in [4.69, 9.17) is 23.2 Å². The fourth-order valence-corrected chi connectivity index (χ4v) is 3.64. The Bertz CT molecular complexity index is 1040. The number of nitro benzene ring substituents is 1. The Morgan fingerprint density at radius 1 is 1.10 bits per heavy atom. The topological polar surface area (TPSA) is 118 Å². The molecule has 0 saturated heterocycles. The minimum Gasteiger partial charge on any atom is -0.378 e. The van der Waals surface area contributed by atoms with Gasteiger partial charge in [0.1, 0.15) is 5.69 Å². The van der Waals surface area contributed by atoms with Crippen LogP contribution in [0.5, 0.6) is 0 Å². The molecule has 0 spiro atoms. The van der Waals surface area contributed by atoms with Crippen molar-refractivity contribution in [2.24, 2.45) is 0 Å². The number of nitrogens with one attached hydrogen (secondary N) is 2. The molecule has 0 bridgehead atoms. The predicted molar refractivity (Wildman–Crippen MR) is 117 cm³/mol. The van der Waals surface area contributed by atoms with Gasteiger partial charge in [-0.1, -0.05) is 29.3 Å². The molecule has 0 fully saturated rings. The number of sulfone groups is 1. The zero-order valence-corrected chi connectivity index (χ0v) is 18.5. The number of carbonyl (C=O) groups excluding carboxylic acids is 1. The SMILES string of the molecule is CS(=O)(=O)c1ccc(NCCNC(=O)CCCc2ccc(Cl)c(Cl)c2)c([N+](=O)[O-])c1. The van der Waals surface area contributed by atoms with Gasteiger partial charge in [-0.25, -0.2) is 8.42 Å². The first kappa shape index (κ1) is 23.9. The number of carbonyl (C=O) groups is 1. The zero-order chi connectivity index (χ0) is 22.3. The summed E-state index contributed by atoms with van der Waals surface area (Å²) in [5.41, 5.74) is 0.829. The molecule has 0 heterocycles. The van der Waals surface area contributed by atoms with Crippen molar-refractivity contribution in [2.45, 2.75) is 24.2 Å². The van der Waals surface area contributed by atoms with Crippen molar-refractivity contribution < 1.29 is 18.1 Å². The van der Waals surface area contributed by atoms with E-state index in [9.17, 15) is 23.3 Å². The molecule has 2 aromatic carbocycles. The van der Waals surface area contributed by atoms with Crippen molar-refractivity contribution in [3.63, 3.8) is 0 Å². The zero-order valence-electron chi connectivity index (χ0n) is 16.2. The Kier molecular flexibility index (Phi) is 8.45. The number of amides is 1. The van der Waals surface area contributed by atoms with E-state index in [1.165, 1.54) is 12.1 Å². The average Bonchev–Trinajstić information content (AvgIpc) is 2.67. The first-order chi connectivity index (χ1) is 14.1. The normalized spacial score (nSPS) is 11.2. The van der Waals surface area contributed by atoms with Gasteiger partial charge in [0.2, 0.25) is 5.91 Å². The van der Waals surface area contributed by atoms with Gasteiger partial charge in [0.25, 0.3) is 5.69 Å². The fourth-order valence-electron chi connectivity index (χ4n) is 2.68. The standard InChI is InChI=1S/C19H21Cl2N3O5S/c1-30(28,29)14-6-8-17(18(12-14)24(26)27)22-9-10-23-19(25)4-2-3-13-5-7-15(20)16(21)11-13/h5-8,11-12,22H,2-4,9-10H2,1H3,(H,23,25). The molecule has 2 N–H and O–H groups in total. The van der Waals surface area contributed by atoms with Crippen LogP contribution in [-0.2, 0) is 21.1 Å². The number of anilines is 1. The number of aryl methyl sites for hydroxylation is 1. The monoisotopic (exact) mass is 473 g/mol. The third-order valence-electron chi connectivity index (χ3n) is 4.21. The summed E-state index contributed by atoms with van der Waals surface area (Å²) in [5, 5.41) is 17.7. The highest BCUT2D eigenvalue weighted by Gasteiger charge is 2.18. The molecule has 1 amide bonds. The van der Waals surface area contributed by atoms with Crippen LogP contribution in [0.3, 0.4) is 0 Å². The van der Waals surface area contributed by atoms with Crippen LogP contribution in [0.4, 0.5) is 11.4 Å². The Morgan fingerprint density at radius 3 is 2.47 bits per heavy atom. The second-order valence-electron chi connectivity index (χ2n) is 6.59. The number of rotatable bonds is 10. The van der Waals surface area contributed by atoms with Crippen LogP contribution in [0, 0.1) is 10.1 Å². The Labute approximate surface area is 184 Å². The van der Waals surface area contributed by atoms with E-state index >= 15 is 0 Å². The Hall–Kier alpha value is -2.36. The van der Waals surface area contributed by atoms with Gasteiger partial charge in [-0.15, -0.1) is 0 Å². The summed E-state index contributed by atoms with van der Waals surface area (Å²) in [7, 11) is -3.55. The van der Waals surface area contributed by atoms with Crippen molar-refractivity contribution >= 4 is 50.3 Å². The number of hydrogen-bond donors (Lipinski definition) is 2. The summed E-state index contributed by atoms with van der Waals surface area (Å²) in [6.07, 6.45) is 2.62. The lowest BCUT2D eigenvalue weighted by molar-refractivity contribution is -0.384. The maximum absolute atomic E-state index is 11.9. The maximum atomic E-state index is 11.9. The van der Waals surface area contributed by atoms with E-state index in [2.05, 4.69) is 10.6 Å².